The van der Waals surface area contributed by atoms with Gasteiger partial charge in [0.15, 0.2) is 0 Å². The molecular formula is C11H21N3O4. The molecule has 0 fully saturated rings. The number of carbonyl (C=O) groups is 3. The van der Waals surface area contributed by atoms with Crippen LogP contribution >= 0.6 is 0 Å². The van der Waals surface area contributed by atoms with Crippen LogP contribution in [-0.4, -0.2) is 36.2 Å². The van der Waals surface area contributed by atoms with E-state index in [0.29, 0.717) is 6.41 Å². The van der Waals surface area contributed by atoms with Gasteiger partial charge in [0.25, 0.3) is 0 Å². The van der Waals surface area contributed by atoms with Gasteiger partial charge in [0.2, 0.25) is 12.3 Å². The molecule has 0 spiro atoms. The Morgan fingerprint density at radius 2 is 1.72 bits per heavy atom. The third-order valence-electron chi connectivity index (χ3n) is 1.80. The topological polar surface area (TPSA) is 96.5 Å². The molecule has 7 heteroatoms. The molecule has 104 valence electrons. The van der Waals surface area contributed by atoms with Gasteiger partial charge in [0.1, 0.15) is 11.6 Å². The molecule has 0 saturated heterocycles. The first-order valence-electron chi connectivity index (χ1n) is 5.65. The summed E-state index contributed by atoms with van der Waals surface area (Å²) >= 11 is 0. The van der Waals surface area contributed by atoms with E-state index in [1.54, 1.807) is 27.7 Å². The van der Waals surface area contributed by atoms with Gasteiger partial charge in [-0.2, -0.15) is 0 Å². The summed E-state index contributed by atoms with van der Waals surface area (Å²) < 4.78 is 5.01. The minimum Gasteiger partial charge on any atom is -0.444 e. The number of hydrogen-bond acceptors (Lipinski definition) is 4. The maximum Gasteiger partial charge on any atom is 0.408 e. The molecule has 0 aliphatic rings. The number of rotatable bonds is 5. The fourth-order valence-electron chi connectivity index (χ4n) is 1.03. The highest BCUT2D eigenvalue weighted by Crippen LogP contribution is 2.06. The van der Waals surface area contributed by atoms with Gasteiger partial charge in [0.05, 0.1) is 6.17 Å². The number of hydrogen-bond donors (Lipinski definition) is 3. The SMILES string of the molecule is C[C@@H](NC=O)NC(=O)[C@H](C)NC(=O)OC(C)(C)C. The van der Waals surface area contributed by atoms with E-state index in [9.17, 15) is 14.4 Å². The van der Waals surface area contributed by atoms with Crippen molar-refractivity contribution in [1.82, 2.24) is 16.0 Å². The third-order valence-corrected chi connectivity index (χ3v) is 1.80. The Balaban J connectivity index is 4.15. The quantitative estimate of drug-likeness (QED) is 0.482. The summed E-state index contributed by atoms with van der Waals surface area (Å²) in [5.74, 6) is -0.414. The van der Waals surface area contributed by atoms with Crippen LogP contribution in [0.5, 0.6) is 0 Å². The molecule has 0 rings (SSSR count). The summed E-state index contributed by atoms with van der Waals surface area (Å²) in [7, 11) is 0. The number of carbonyl (C=O) groups excluding carboxylic acids is 3. The van der Waals surface area contributed by atoms with E-state index < -0.39 is 29.8 Å². The number of amides is 3. The lowest BCUT2D eigenvalue weighted by atomic mass is 10.2. The molecule has 0 bridgehead atoms. The van der Waals surface area contributed by atoms with E-state index in [-0.39, 0.29) is 0 Å². The van der Waals surface area contributed by atoms with Crippen LogP contribution in [0.3, 0.4) is 0 Å². The van der Waals surface area contributed by atoms with Crippen LogP contribution in [-0.2, 0) is 14.3 Å². The van der Waals surface area contributed by atoms with Crippen LogP contribution in [0, 0.1) is 0 Å². The zero-order valence-corrected chi connectivity index (χ0v) is 11.4. The van der Waals surface area contributed by atoms with E-state index in [4.69, 9.17) is 4.74 Å². The lowest BCUT2D eigenvalue weighted by Crippen LogP contribution is -2.51. The third kappa shape index (κ3) is 7.48. The van der Waals surface area contributed by atoms with Crippen molar-refractivity contribution >= 4 is 18.4 Å². The van der Waals surface area contributed by atoms with Crippen molar-refractivity contribution < 1.29 is 19.1 Å². The van der Waals surface area contributed by atoms with Gasteiger partial charge in [-0.15, -0.1) is 0 Å². The Morgan fingerprint density at radius 3 is 2.17 bits per heavy atom. The van der Waals surface area contributed by atoms with Gasteiger partial charge in [0, 0.05) is 0 Å². The smallest absolute Gasteiger partial charge is 0.408 e. The average Bonchev–Trinajstić information content (AvgIpc) is 2.14. The van der Waals surface area contributed by atoms with Crippen LogP contribution < -0.4 is 16.0 Å². The lowest BCUT2D eigenvalue weighted by molar-refractivity contribution is -0.123. The Kier molecular flexibility index (Phi) is 6.15. The maximum atomic E-state index is 11.6. The van der Waals surface area contributed by atoms with Crippen molar-refractivity contribution in [3.63, 3.8) is 0 Å². The molecule has 7 nitrogen and oxygen atoms in total. The van der Waals surface area contributed by atoms with Crippen molar-refractivity contribution in [2.75, 3.05) is 0 Å². The Morgan fingerprint density at radius 1 is 1.17 bits per heavy atom. The number of alkyl carbamates (subject to hydrolysis) is 1. The second kappa shape index (κ2) is 6.83. The summed E-state index contributed by atoms with van der Waals surface area (Å²) in [5, 5.41) is 7.26. The number of ether oxygens (including phenoxy) is 1. The Hall–Kier alpha value is -1.79. The van der Waals surface area contributed by atoms with E-state index in [2.05, 4.69) is 16.0 Å². The predicted molar refractivity (Wildman–Crippen MR) is 65.6 cm³/mol. The number of nitrogens with one attached hydrogen (secondary N) is 3. The van der Waals surface area contributed by atoms with E-state index in [1.807, 2.05) is 0 Å². The molecule has 0 aromatic heterocycles. The van der Waals surface area contributed by atoms with Crippen molar-refractivity contribution in [2.24, 2.45) is 0 Å². The summed E-state index contributed by atoms with van der Waals surface area (Å²) in [4.78, 5) is 33.1. The molecule has 0 aliphatic heterocycles. The van der Waals surface area contributed by atoms with Gasteiger partial charge < -0.3 is 20.7 Å². The molecule has 0 aromatic carbocycles. The fraction of sp³-hybridized carbons (Fsp3) is 0.727. The monoisotopic (exact) mass is 259 g/mol. The first-order chi connectivity index (χ1) is 8.15. The first kappa shape index (κ1) is 16.2. The normalized spacial score (nSPS) is 14.1. The highest BCUT2D eigenvalue weighted by molar-refractivity contribution is 5.85. The second-order valence-electron chi connectivity index (χ2n) is 4.88. The molecule has 0 aliphatic carbocycles. The van der Waals surface area contributed by atoms with Crippen LogP contribution in [0.15, 0.2) is 0 Å². The second-order valence-corrected chi connectivity index (χ2v) is 4.88. The van der Waals surface area contributed by atoms with Crippen molar-refractivity contribution in [3.8, 4) is 0 Å². The summed E-state index contributed by atoms with van der Waals surface area (Å²) in [6.07, 6.45) is -0.685. The van der Waals surface area contributed by atoms with Crippen LogP contribution in [0.1, 0.15) is 34.6 Å². The molecule has 0 heterocycles. The van der Waals surface area contributed by atoms with Gasteiger partial charge in [-0.25, -0.2) is 4.79 Å². The molecule has 0 unspecified atom stereocenters. The molecule has 0 saturated carbocycles. The van der Waals surface area contributed by atoms with E-state index in [0.717, 1.165) is 0 Å². The molecule has 0 aromatic rings. The van der Waals surface area contributed by atoms with Crippen LogP contribution in [0.25, 0.3) is 0 Å². The highest BCUT2D eigenvalue weighted by atomic mass is 16.6. The van der Waals surface area contributed by atoms with Crippen molar-refractivity contribution in [2.45, 2.75) is 52.4 Å². The van der Waals surface area contributed by atoms with E-state index >= 15 is 0 Å². The standard InChI is InChI=1S/C11H21N3O4/c1-7(9(16)14-8(2)12-6-15)13-10(17)18-11(3,4)5/h6-8H,1-5H3,(H,12,15)(H,13,17)(H,14,16)/t7-,8-/m0/s1. The van der Waals surface area contributed by atoms with Gasteiger partial charge in [-0.05, 0) is 34.6 Å². The van der Waals surface area contributed by atoms with Crippen molar-refractivity contribution in [1.29, 1.82) is 0 Å². The minimum atomic E-state index is -0.754. The molecule has 0 radical (unpaired) electrons. The Labute approximate surface area is 107 Å². The van der Waals surface area contributed by atoms with Gasteiger partial charge in [-0.3, -0.25) is 9.59 Å². The zero-order chi connectivity index (χ0) is 14.3. The molecule has 3 amide bonds. The largest absolute Gasteiger partial charge is 0.444 e. The first-order valence-corrected chi connectivity index (χ1v) is 5.65. The predicted octanol–water partition coefficient (Wildman–Crippen LogP) is 0.108. The van der Waals surface area contributed by atoms with Gasteiger partial charge in [-0.1, -0.05) is 0 Å². The zero-order valence-electron chi connectivity index (χ0n) is 11.4. The fourth-order valence-corrected chi connectivity index (χ4v) is 1.03. The highest BCUT2D eigenvalue weighted by Gasteiger charge is 2.21. The van der Waals surface area contributed by atoms with Gasteiger partial charge >= 0.3 is 6.09 Å². The maximum absolute atomic E-state index is 11.6. The summed E-state index contributed by atoms with van der Waals surface area (Å²) in [6, 6.07) is -0.754. The van der Waals surface area contributed by atoms with E-state index in [1.165, 1.54) is 6.92 Å². The summed E-state index contributed by atoms with van der Waals surface area (Å²) in [5.41, 5.74) is -0.618. The lowest BCUT2D eigenvalue weighted by Gasteiger charge is -2.22. The Bertz CT molecular complexity index is 312. The summed E-state index contributed by atoms with van der Waals surface area (Å²) in [6.45, 7) is 8.31. The molecular weight excluding hydrogens is 238 g/mol. The minimum absolute atomic E-state index is 0.414. The van der Waals surface area contributed by atoms with Crippen molar-refractivity contribution in [3.05, 3.63) is 0 Å². The molecule has 18 heavy (non-hydrogen) atoms. The van der Waals surface area contributed by atoms with Crippen LogP contribution in [0.4, 0.5) is 4.79 Å². The average molecular weight is 259 g/mol. The molecule has 3 N–H and O–H groups in total. The molecule has 2 atom stereocenters. The van der Waals surface area contributed by atoms with Crippen LogP contribution in [0.2, 0.25) is 0 Å².